The van der Waals surface area contributed by atoms with E-state index in [2.05, 4.69) is 10.6 Å². The summed E-state index contributed by atoms with van der Waals surface area (Å²) >= 11 is 0. The molecule has 0 spiro atoms. The number of piperidine rings is 1. The van der Waals surface area contributed by atoms with Crippen molar-refractivity contribution < 1.29 is 22.7 Å². The molecular formula is C19H20ClF3N2O2. The van der Waals surface area contributed by atoms with Gasteiger partial charge in [-0.1, -0.05) is 6.07 Å². The fourth-order valence-corrected chi connectivity index (χ4v) is 2.81. The first kappa shape index (κ1) is 21.1. The SMILES string of the molecule is Cl.O=C(Nc1ccc(Oc2cccc(C(F)(F)F)c2)cc1)C1CCNCC1. The number of alkyl halides is 3. The van der Waals surface area contributed by atoms with E-state index in [4.69, 9.17) is 4.74 Å². The van der Waals surface area contributed by atoms with E-state index < -0.39 is 11.7 Å². The van der Waals surface area contributed by atoms with E-state index in [0.717, 1.165) is 38.1 Å². The summed E-state index contributed by atoms with van der Waals surface area (Å²) in [4.78, 5) is 12.2. The largest absolute Gasteiger partial charge is 0.457 e. The second-order valence-corrected chi connectivity index (χ2v) is 6.17. The molecule has 0 radical (unpaired) electrons. The quantitative estimate of drug-likeness (QED) is 0.770. The van der Waals surface area contributed by atoms with Gasteiger partial charge in [0.1, 0.15) is 11.5 Å². The van der Waals surface area contributed by atoms with Crippen molar-refractivity contribution in [2.75, 3.05) is 18.4 Å². The second-order valence-electron chi connectivity index (χ2n) is 6.17. The van der Waals surface area contributed by atoms with E-state index in [1.165, 1.54) is 12.1 Å². The van der Waals surface area contributed by atoms with Crippen LogP contribution in [0, 0.1) is 5.92 Å². The third-order valence-electron chi connectivity index (χ3n) is 4.23. The van der Waals surface area contributed by atoms with E-state index in [1.54, 1.807) is 24.3 Å². The van der Waals surface area contributed by atoms with Gasteiger partial charge in [-0.3, -0.25) is 4.79 Å². The van der Waals surface area contributed by atoms with E-state index in [9.17, 15) is 18.0 Å². The summed E-state index contributed by atoms with van der Waals surface area (Å²) in [5.74, 6) is 0.478. The number of nitrogens with one attached hydrogen (secondary N) is 2. The molecule has 0 atom stereocenters. The van der Waals surface area contributed by atoms with Gasteiger partial charge in [0.2, 0.25) is 5.91 Å². The summed E-state index contributed by atoms with van der Waals surface area (Å²) in [5.41, 5.74) is -0.134. The maximum Gasteiger partial charge on any atom is 0.416 e. The Morgan fingerprint density at radius 2 is 1.70 bits per heavy atom. The Kier molecular flexibility index (Phi) is 7.10. The number of rotatable bonds is 4. The number of amides is 1. The molecule has 8 heteroatoms. The summed E-state index contributed by atoms with van der Waals surface area (Å²) in [6.45, 7) is 1.67. The third-order valence-corrected chi connectivity index (χ3v) is 4.23. The lowest BCUT2D eigenvalue weighted by Gasteiger charge is -2.21. The Hall–Kier alpha value is -2.25. The van der Waals surface area contributed by atoms with Crippen molar-refractivity contribution in [3.63, 3.8) is 0 Å². The van der Waals surface area contributed by atoms with Crippen molar-refractivity contribution in [3.8, 4) is 11.5 Å². The zero-order valence-corrected chi connectivity index (χ0v) is 15.2. The monoisotopic (exact) mass is 400 g/mol. The van der Waals surface area contributed by atoms with Gasteiger partial charge in [0.05, 0.1) is 5.56 Å². The van der Waals surface area contributed by atoms with Gasteiger partial charge < -0.3 is 15.4 Å². The van der Waals surface area contributed by atoms with Crippen molar-refractivity contribution in [2.24, 2.45) is 5.92 Å². The predicted octanol–water partition coefficient (Wildman–Crippen LogP) is 4.86. The minimum atomic E-state index is -4.41. The van der Waals surface area contributed by atoms with Crippen molar-refractivity contribution in [3.05, 3.63) is 54.1 Å². The highest BCUT2D eigenvalue weighted by Crippen LogP contribution is 2.32. The second kappa shape index (κ2) is 9.10. The number of carbonyl (C=O) groups is 1. The first-order valence-electron chi connectivity index (χ1n) is 8.38. The van der Waals surface area contributed by atoms with Gasteiger partial charge in [0.25, 0.3) is 0 Å². The maximum atomic E-state index is 12.7. The molecule has 3 rings (SSSR count). The van der Waals surface area contributed by atoms with Crippen molar-refractivity contribution >= 4 is 24.0 Å². The van der Waals surface area contributed by atoms with Crippen molar-refractivity contribution in [1.29, 1.82) is 0 Å². The minimum absolute atomic E-state index is 0. The lowest BCUT2D eigenvalue weighted by atomic mass is 9.97. The molecule has 1 aliphatic heterocycles. The molecule has 27 heavy (non-hydrogen) atoms. The van der Waals surface area contributed by atoms with Crippen molar-refractivity contribution in [1.82, 2.24) is 5.32 Å². The zero-order valence-electron chi connectivity index (χ0n) is 14.4. The topological polar surface area (TPSA) is 50.4 Å². The lowest BCUT2D eigenvalue weighted by Crippen LogP contribution is -2.34. The Labute approximate surface area is 161 Å². The van der Waals surface area contributed by atoms with Gasteiger partial charge in [-0.15, -0.1) is 12.4 Å². The van der Waals surface area contributed by atoms with Crippen LogP contribution in [0.15, 0.2) is 48.5 Å². The Bertz CT molecular complexity index is 760. The van der Waals surface area contributed by atoms with Crippen LogP contribution in [-0.4, -0.2) is 19.0 Å². The van der Waals surface area contributed by atoms with E-state index in [1.807, 2.05) is 0 Å². The van der Waals surface area contributed by atoms with Gasteiger partial charge in [0, 0.05) is 11.6 Å². The number of hydrogen-bond donors (Lipinski definition) is 2. The van der Waals surface area contributed by atoms with Crippen LogP contribution in [0.4, 0.5) is 18.9 Å². The van der Waals surface area contributed by atoms with Crippen LogP contribution in [-0.2, 0) is 11.0 Å². The van der Waals surface area contributed by atoms with E-state index >= 15 is 0 Å². The maximum absolute atomic E-state index is 12.7. The Balaban J connectivity index is 0.00000261. The highest BCUT2D eigenvalue weighted by molar-refractivity contribution is 5.92. The molecule has 2 N–H and O–H groups in total. The highest BCUT2D eigenvalue weighted by Gasteiger charge is 2.30. The zero-order chi connectivity index (χ0) is 18.6. The number of hydrogen-bond acceptors (Lipinski definition) is 3. The van der Waals surface area contributed by atoms with Crippen LogP contribution in [0.1, 0.15) is 18.4 Å². The molecule has 2 aromatic rings. The molecule has 1 amide bonds. The summed E-state index contributed by atoms with van der Waals surface area (Å²) in [7, 11) is 0. The predicted molar refractivity (Wildman–Crippen MR) is 99.4 cm³/mol. The highest BCUT2D eigenvalue weighted by atomic mass is 35.5. The first-order valence-corrected chi connectivity index (χ1v) is 8.38. The minimum Gasteiger partial charge on any atom is -0.457 e. The van der Waals surface area contributed by atoms with Gasteiger partial charge >= 0.3 is 6.18 Å². The smallest absolute Gasteiger partial charge is 0.416 e. The molecule has 1 fully saturated rings. The normalized spacial score (nSPS) is 14.9. The van der Waals surface area contributed by atoms with Crippen molar-refractivity contribution in [2.45, 2.75) is 19.0 Å². The fraction of sp³-hybridized carbons (Fsp3) is 0.316. The van der Waals surface area contributed by atoms with Crippen LogP contribution < -0.4 is 15.4 Å². The molecule has 1 aliphatic rings. The number of halogens is 4. The van der Waals surface area contributed by atoms with Crippen LogP contribution in [0.2, 0.25) is 0 Å². The first-order chi connectivity index (χ1) is 12.4. The molecule has 0 saturated carbocycles. The standard InChI is InChI=1S/C19H19F3N2O2.ClH/c20-19(21,22)14-2-1-3-17(12-14)26-16-6-4-15(5-7-16)24-18(25)13-8-10-23-11-9-13;/h1-7,12-13,23H,8-11H2,(H,24,25);1H. The molecule has 0 aromatic heterocycles. The fourth-order valence-electron chi connectivity index (χ4n) is 2.81. The summed E-state index contributed by atoms with van der Waals surface area (Å²) in [5, 5.41) is 6.07. The van der Waals surface area contributed by atoms with Gasteiger partial charge in [0.15, 0.2) is 0 Å². The Morgan fingerprint density at radius 1 is 1.04 bits per heavy atom. The molecule has 1 heterocycles. The number of benzene rings is 2. The van der Waals surface area contributed by atoms with Gasteiger partial charge in [-0.25, -0.2) is 0 Å². The van der Waals surface area contributed by atoms with Crippen LogP contribution in [0.25, 0.3) is 0 Å². The van der Waals surface area contributed by atoms with Crippen LogP contribution in [0.3, 0.4) is 0 Å². The Morgan fingerprint density at radius 3 is 2.33 bits per heavy atom. The molecule has 0 bridgehead atoms. The summed E-state index contributed by atoms with van der Waals surface area (Å²) < 4.78 is 43.7. The average molecular weight is 401 g/mol. The average Bonchev–Trinajstić information content (AvgIpc) is 2.63. The van der Waals surface area contributed by atoms with Gasteiger partial charge in [-0.05, 0) is 68.4 Å². The number of ether oxygens (including phenoxy) is 1. The van der Waals surface area contributed by atoms with E-state index in [0.29, 0.717) is 11.4 Å². The molecule has 2 aromatic carbocycles. The molecular weight excluding hydrogens is 381 g/mol. The van der Waals surface area contributed by atoms with E-state index in [-0.39, 0.29) is 30.0 Å². The third kappa shape index (κ3) is 5.87. The molecule has 1 saturated heterocycles. The molecule has 0 aliphatic carbocycles. The van der Waals surface area contributed by atoms with Gasteiger partial charge in [-0.2, -0.15) is 13.2 Å². The molecule has 4 nitrogen and oxygen atoms in total. The lowest BCUT2D eigenvalue weighted by molar-refractivity contribution is -0.137. The molecule has 146 valence electrons. The molecule has 0 unspecified atom stereocenters. The summed E-state index contributed by atoms with van der Waals surface area (Å²) in [6.07, 6.45) is -2.80. The summed E-state index contributed by atoms with van der Waals surface area (Å²) in [6, 6.07) is 11.3. The van der Waals surface area contributed by atoms with Crippen LogP contribution >= 0.6 is 12.4 Å². The number of carbonyl (C=O) groups excluding carboxylic acids is 1. The number of anilines is 1. The van der Waals surface area contributed by atoms with Crippen LogP contribution in [0.5, 0.6) is 11.5 Å².